The van der Waals surface area contributed by atoms with Crippen molar-refractivity contribution >= 4 is 46.2 Å². The number of hydrogen-bond acceptors (Lipinski definition) is 5. The smallest absolute Gasteiger partial charge is 0.183 e. The molecule has 0 aliphatic carbocycles. The molecular weight excluding hydrogens is 490 g/mol. The van der Waals surface area contributed by atoms with Crippen molar-refractivity contribution in [2.45, 2.75) is 27.7 Å². The summed E-state index contributed by atoms with van der Waals surface area (Å²) in [5, 5.41) is 2.06. The van der Waals surface area contributed by atoms with E-state index in [-0.39, 0.29) is 0 Å². The molecule has 4 aromatic carbocycles. The minimum atomic E-state index is 0.822. The largest absolute Gasteiger partial charge is 0.276 e. The van der Waals surface area contributed by atoms with Crippen molar-refractivity contribution in [3.8, 4) is 0 Å². The highest BCUT2D eigenvalue weighted by molar-refractivity contribution is 5.95. The van der Waals surface area contributed by atoms with Crippen LogP contribution >= 0.6 is 0 Å². The molecule has 3 heterocycles. The Balaban J connectivity index is 1.59. The summed E-state index contributed by atoms with van der Waals surface area (Å²) in [5.41, 5.74) is 9.81. The lowest BCUT2D eigenvalue weighted by molar-refractivity contribution is 1.08. The fraction of sp³-hybridized carbons (Fsp3) is 0.114. The van der Waals surface area contributed by atoms with E-state index in [1.165, 1.54) is 22.3 Å². The molecule has 0 bridgehead atoms. The number of aromatic nitrogens is 2. The van der Waals surface area contributed by atoms with E-state index < -0.39 is 0 Å². The zero-order valence-corrected chi connectivity index (χ0v) is 23.1. The highest BCUT2D eigenvalue weighted by Crippen LogP contribution is 2.51. The molecular formula is C35H29N5. The van der Waals surface area contributed by atoms with Gasteiger partial charge in [0.2, 0.25) is 0 Å². The second kappa shape index (κ2) is 9.31. The summed E-state index contributed by atoms with van der Waals surface area (Å²) < 4.78 is 0. The highest BCUT2D eigenvalue weighted by Gasteiger charge is 2.38. The van der Waals surface area contributed by atoms with Crippen molar-refractivity contribution in [1.29, 1.82) is 0 Å². The van der Waals surface area contributed by atoms with Crippen molar-refractivity contribution in [2.24, 2.45) is 4.99 Å². The summed E-state index contributed by atoms with van der Waals surface area (Å²) in [4.78, 5) is 19.7. The monoisotopic (exact) mass is 519 g/mol. The molecule has 0 amide bonds. The maximum absolute atomic E-state index is 5.23. The molecule has 2 aliphatic rings. The van der Waals surface area contributed by atoms with Gasteiger partial charge in [0.05, 0.1) is 27.8 Å². The van der Waals surface area contributed by atoms with Crippen molar-refractivity contribution in [2.75, 3.05) is 9.80 Å². The molecule has 0 saturated carbocycles. The quantitative estimate of drug-likeness (QED) is 0.256. The molecule has 0 atom stereocenters. The van der Waals surface area contributed by atoms with Crippen molar-refractivity contribution < 1.29 is 0 Å². The third kappa shape index (κ3) is 3.74. The van der Waals surface area contributed by atoms with Gasteiger partial charge < -0.3 is 0 Å². The van der Waals surface area contributed by atoms with Crippen molar-refractivity contribution in [1.82, 2.24) is 9.97 Å². The Morgan fingerprint density at radius 2 is 1.10 bits per heavy atom. The summed E-state index contributed by atoms with van der Waals surface area (Å²) >= 11 is 0. The number of nitrogens with zero attached hydrogens (tertiary/aromatic N) is 5. The molecule has 7 rings (SSSR count). The fourth-order valence-corrected chi connectivity index (χ4v) is 5.86. The van der Waals surface area contributed by atoms with Crippen LogP contribution in [0.3, 0.4) is 0 Å². The van der Waals surface area contributed by atoms with E-state index >= 15 is 0 Å². The fourth-order valence-electron chi connectivity index (χ4n) is 5.86. The second-order valence-corrected chi connectivity index (χ2v) is 10.4. The van der Waals surface area contributed by atoms with E-state index in [4.69, 9.17) is 9.97 Å². The summed E-state index contributed by atoms with van der Waals surface area (Å²) in [6, 6.07) is 27.3. The van der Waals surface area contributed by atoms with Crippen LogP contribution in [0.5, 0.6) is 0 Å². The average Bonchev–Trinajstić information content (AvgIpc) is 3.54. The lowest BCUT2D eigenvalue weighted by atomic mass is 10.1. The normalized spacial score (nSPS) is 14.1. The summed E-state index contributed by atoms with van der Waals surface area (Å²) in [7, 11) is 0. The number of allylic oxidation sites excluding steroid dienone is 1. The van der Waals surface area contributed by atoms with Crippen LogP contribution in [0.15, 0.2) is 102 Å². The van der Waals surface area contributed by atoms with Crippen LogP contribution in [0.2, 0.25) is 0 Å². The number of aryl methyl sites for hydroxylation is 4. The van der Waals surface area contributed by atoms with Gasteiger partial charge in [-0.05, 0) is 80.3 Å². The lowest BCUT2D eigenvalue weighted by Gasteiger charge is -2.28. The maximum atomic E-state index is 5.23. The van der Waals surface area contributed by atoms with Crippen LogP contribution in [-0.4, -0.2) is 9.97 Å². The SMILES string of the molecule is Cc1cccc(C)c1N1C(=C/C=c2/cccc3c2=NC=C3)N(c2c(C)cccc2C)c2nc3ccccc3nc21. The summed E-state index contributed by atoms with van der Waals surface area (Å²) in [6.07, 6.45) is 8.27. The predicted molar refractivity (Wildman–Crippen MR) is 164 cm³/mol. The molecule has 40 heavy (non-hydrogen) atoms. The number of anilines is 4. The Morgan fingerprint density at radius 3 is 1.65 bits per heavy atom. The molecule has 194 valence electrons. The highest BCUT2D eigenvalue weighted by atomic mass is 15.5. The van der Waals surface area contributed by atoms with Crippen LogP contribution in [-0.2, 0) is 0 Å². The molecule has 2 aliphatic heterocycles. The number of rotatable bonds is 3. The van der Waals surface area contributed by atoms with Gasteiger partial charge in [0.1, 0.15) is 5.82 Å². The molecule has 5 nitrogen and oxygen atoms in total. The van der Waals surface area contributed by atoms with Gasteiger partial charge in [-0.3, -0.25) is 14.8 Å². The van der Waals surface area contributed by atoms with Gasteiger partial charge in [-0.25, -0.2) is 9.97 Å². The van der Waals surface area contributed by atoms with Crippen LogP contribution in [0.25, 0.3) is 23.2 Å². The van der Waals surface area contributed by atoms with Crippen LogP contribution in [0, 0.1) is 27.7 Å². The van der Waals surface area contributed by atoms with Crippen LogP contribution in [0.4, 0.5) is 23.0 Å². The van der Waals surface area contributed by atoms with Gasteiger partial charge in [0, 0.05) is 17.0 Å². The topological polar surface area (TPSA) is 44.6 Å². The third-order valence-electron chi connectivity index (χ3n) is 7.71. The first kappa shape index (κ1) is 24.0. The second-order valence-electron chi connectivity index (χ2n) is 10.4. The molecule has 0 spiro atoms. The van der Waals surface area contributed by atoms with Crippen LogP contribution < -0.4 is 20.4 Å². The number of benzene rings is 4. The molecule has 0 unspecified atom stereocenters. The number of fused-ring (bicyclic) bond motifs is 3. The first-order valence-electron chi connectivity index (χ1n) is 13.6. The molecule has 5 heteroatoms. The minimum absolute atomic E-state index is 0.822. The van der Waals surface area contributed by atoms with Gasteiger partial charge in [-0.15, -0.1) is 0 Å². The maximum Gasteiger partial charge on any atom is 0.183 e. The minimum Gasteiger partial charge on any atom is -0.276 e. The standard InChI is InChI=1S/C35H29N5/c1-22-10-7-11-23(2)32(22)39-30(19-18-26-14-9-15-27-20-21-36-31(26)27)40(33-24(3)12-8-13-25(33)4)35-34(39)37-28-16-5-6-17-29(28)38-35/h5-21H,1-4H3/b26-18-. The van der Waals surface area contributed by atoms with Crippen LogP contribution in [0.1, 0.15) is 27.8 Å². The van der Waals surface area contributed by atoms with Crippen molar-refractivity contribution in [3.05, 3.63) is 135 Å². The van der Waals surface area contributed by atoms with Gasteiger partial charge in [0.15, 0.2) is 11.6 Å². The van der Waals surface area contributed by atoms with Crippen molar-refractivity contribution in [3.63, 3.8) is 0 Å². The molecule has 0 saturated heterocycles. The molecule has 0 fully saturated rings. The van der Waals surface area contributed by atoms with Gasteiger partial charge in [-0.2, -0.15) is 0 Å². The average molecular weight is 520 g/mol. The van der Waals surface area contributed by atoms with Gasteiger partial charge in [-0.1, -0.05) is 66.7 Å². The van der Waals surface area contributed by atoms with E-state index in [2.05, 4.69) is 115 Å². The summed E-state index contributed by atoms with van der Waals surface area (Å²) in [5.74, 6) is 2.62. The number of para-hydroxylation sites is 5. The lowest BCUT2D eigenvalue weighted by Crippen LogP contribution is -2.27. The molecule has 0 N–H and O–H groups in total. The summed E-state index contributed by atoms with van der Waals surface area (Å²) in [6.45, 7) is 8.64. The molecule has 1 aromatic heterocycles. The Labute approximate surface area is 233 Å². The Hall–Kier alpha value is -5.03. The van der Waals surface area contributed by atoms with E-state index in [0.29, 0.717) is 0 Å². The van der Waals surface area contributed by atoms with E-state index in [9.17, 15) is 0 Å². The Morgan fingerprint density at radius 1 is 0.575 bits per heavy atom. The first-order valence-corrected chi connectivity index (χ1v) is 13.6. The molecule has 0 radical (unpaired) electrons. The Kier molecular flexibility index (Phi) is 5.60. The zero-order chi connectivity index (χ0) is 27.4. The van der Waals surface area contributed by atoms with Gasteiger partial charge >= 0.3 is 0 Å². The van der Waals surface area contributed by atoms with E-state index in [0.717, 1.165) is 56.0 Å². The molecule has 5 aromatic rings. The number of hydrogen-bond donors (Lipinski definition) is 0. The first-order chi connectivity index (χ1) is 19.5. The van der Waals surface area contributed by atoms with Gasteiger partial charge in [0.25, 0.3) is 0 Å². The zero-order valence-electron chi connectivity index (χ0n) is 23.1. The predicted octanol–water partition coefficient (Wildman–Crippen LogP) is 7.08. The van der Waals surface area contributed by atoms with E-state index in [1.807, 2.05) is 30.5 Å². The van der Waals surface area contributed by atoms with E-state index in [1.54, 1.807) is 0 Å². The third-order valence-corrected chi connectivity index (χ3v) is 7.71. The Bertz CT molecular complexity index is 1880.